The van der Waals surface area contributed by atoms with Crippen LogP contribution in [0, 0.1) is 17.2 Å². The van der Waals surface area contributed by atoms with E-state index in [1.54, 1.807) is 11.8 Å². The molecular weight excluding hydrogens is 256 g/mol. The van der Waals surface area contributed by atoms with Crippen molar-refractivity contribution >= 4 is 17.7 Å². The van der Waals surface area contributed by atoms with Crippen LogP contribution in [-0.2, 0) is 11.2 Å². The Balaban J connectivity index is 1.63. The van der Waals surface area contributed by atoms with E-state index in [9.17, 15) is 4.79 Å². The molecule has 0 aromatic heterocycles. The second kappa shape index (κ2) is 5.26. The number of hydrogen-bond acceptors (Lipinski definition) is 3. The van der Waals surface area contributed by atoms with Crippen LogP contribution in [0.3, 0.4) is 0 Å². The standard InChI is InChI=1S/C15H16N2OS/c16-10-11-5-7-17(8-6-11)15(18)14-9-12-3-1-2-4-13(12)19-14/h1-4,11,14H,5-9H2. The molecule has 3 nitrogen and oxygen atoms in total. The van der Waals surface area contributed by atoms with Crippen LogP contribution in [0.1, 0.15) is 18.4 Å². The van der Waals surface area contributed by atoms with Gasteiger partial charge in [-0.1, -0.05) is 18.2 Å². The number of likely N-dealkylation sites (tertiary alicyclic amines) is 1. The lowest BCUT2D eigenvalue weighted by Crippen LogP contribution is -2.42. The average molecular weight is 272 g/mol. The van der Waals surface area contributed by atoms with Gasteiger partial charge in [0.2, 0.25) is 5.91 Å². The van der Waals surface area contributed by atoms with Crippen LogP contribution in [0.2, 0.25) is 0 Å². The lowest BCUT2D eigenvalue weighted by molar-refractivity contribution is -0.131. The number of benzene rings is 1. The Hall–Kier alpha value is -1.47. The number of amides is 1. The van der Waals surface area contributed by atoms with Crippen molar-refractivity contribution in [3.8, 4) is 6.07 Å². The number of piperidine rings is 1. The van der Waals surface area contributed by atoms with Crippen molar-refractivity contribution in [1.29, 1.82) is 5.26 Å². The van der Waals surface area contributed by atoms with Gasteiger partial charge in [0.1, 0.15) is 0 Å². The van der Waals surface area contributed by atoms with Crippen LogP contribution in [0.25, 0.3) is 0 Å². The molecular formula is C15H16N2OS. The molecule has 3 rings (SSSR count). The molecule has 19 heavy (non-hydrogen) atoms. The van der Waals surface area contributed by atoms with Crippen molar-refractivity contribution in [3.05, 3.63) is 29.8 Å². The molecule has 1 aromatic rings. The zero-order valence-electron chi connectivity index (χ0n) is 10.7. The Morgan fingerprint density at radius 1 is 1.32 bits per heavy atom. The number of fused-ring (bicyclic) bond motifs is 1. The number of rotatable bonds is 1. The highest BCUT2D eigenvalue weighted by Crippen LogP contribution is 2.38. The third-order valence-corrected chi connectivity index (χ3v) is 5.22. The molecule has 0 bridgehead atoms. The summed E-state index contributed by atoms with van der Waals surface area (Å²) in [4.78, 5) is 15.7. The molecule has 1 unspecified atom stereocenters. The van der Waals surface area contributed by atoms with Crippen LogP contribution >= 0.6 is 11.8 Å². The lowest BCUT2D eigenvalue weighted by Gasteiger charge is -2.30. The average Bonchev–Trinajstić information content (AvgIpc) is 2.90. The lowest BCUT2D eigenvalue weighted by atomic mass is 9.98. The maximum Gasteiger partial charge on any atom is 0.236 e. The molecule has 1 atom stereocenters. The van der Waals surface area contributed by atoms with E-state index in [0.29, 0.717) is 0 Å². The van der Waals surface area contributed by atoms with Gasteiger partial charge in [0, 0.05) is 23.9 Å². The molecule has 2 aliphatic rings. The van der Waals surface area contributed by atoms with Crippen molar-refractivity contribution in [2.24, 2.45) is 5.92 Å². The van der Waals surface area contributed by atoms with Gasteiger partial charge in [-0.05, 0) is 30.9 Å². The predicted octanol–water partition coefficient (Wildman–Crippen LogP) is 2.47. The van der Waals surface area contributed by atoms with Gasteiger partial charge >= 0.3 is 0 Å². The Bertz CT molecular complexity index is 504. The molecule has 2 aliphatic heterocycles. The van der Waals surface area contributed by atoms with E-state index in [0.717, 1.165) is 32.4 Å². The summed E-state index contributed by atoms with van der Waals surface area (Å²) in [6.45, 7) is 1.48. The van der Waals surface area contributed by atoms with E-state index in [-0.39, 0.29) is 17.1 Å². The van der Waals surface area contributed by atoms with Crippen molar-refractivity contribution in [3.63, 3.8) is 0 Å². The summed E-state index contributed by atoms with van der Waals surface area (Å²) >= 11 is 1.69. The van der Waals surface area contributed by atoms with Crippen LogP contribution in [0.5, 0.6) is 0 Å². The minimum atomic E-state index is 0.0380. The molecule has 0 aliphatic carbocycles. The third-order valence-electron chi connectivity index (χ3n) is 3.91. The molecule has 98 valence electrons. The number of hydrogen-bond donors (Lipinski definition) is 0. The molecule has 0 N–H and O–H groups in total. The second-order valence-corrected chi connectivity index (χ2v) is 6.39. The van der Waals surface area contributed by atoms with Gasteiger partial charge in [-0.2, -0.15) is 5.26 Å². The van der Waals surface area contributed by atoms with Gasteiger partial charge in [-0.15, -0.1) is 11.8 Å². The Kier molecular flexibility index (Phi) is 3.48. The molecule has 1 saturated heterocycles. The van der Waals surface area contributed by atoms with Crippen molar-refractivity contribution < 1.29 is 4.79 Å². The fourth-order valence-electron chi connectivity index (χ4n) is 2.75. The summed E-state index contributed by atoms with van der Waals surface area (Å²) in [6, 6.07) is 10.6. The van der Waals surface area contributed by atoms with E-state index in [1.807, 2.05) is 17.0 Å². The minimum absolute atomic E-state index is 0.0380. The monoisotopic (exact) mass is 272 g/mol. The summed E-state index contributed by atoms with van der Waals surface area (Å²) in [5.74, 6) is 0.384. The largest absolute Gasteiger partial charge is 0.342 e. The van der Waals surface area contributed by atoms with E-state index in [2.05, 4.69) is 18.2 Å². The van der Waals surface area contributed by atoms with E-state index in [1.165, 1.54) is 10.5 Å². The van der Waals surface area contributed by atoms with E-state index in [4.69, 9.17) is 5.26 Å². The number of thioether (sulfide) groups is 1. The van der Waals surface area contributed by atoms with E-state index >= 15 is 0 Å². The van der Waals surface area contributed by atoms with Crippen LogP contribution in [0.15, 0.2) is 29.2 Å². The van der Waals surface area contributed by atoms with Crippen LogP contribution in [-0.4, -0.2) is 29.1 Å². The molecule has 2 heterocycles. The molecule has 1 aromatic carbocycles. The smallest absolute Gasteiger partial charge is 0.236 e. The maximum atomic E-state index is 12.5. The predicted molar refractivity (Wildman–Crippen MR) is 74.7 cm³/mol. The molecule has 0 radical (unpaired) electrons. The fourth-order valence-corrected chi connectivity index (χ4v) is 4.03. The minimum Gasteiger partial charge on any atom is -0.342 e. The summed E-state index contributed by atoms with van der Waals surface area (Å²) in [6.07, 6.45) is 2.50. The van der Waals surface area contributed by atoms with Gasteiger partial charge in [-0.3, -0.25) is 4.79 Å². The topological polar surface area (TPSA) is 44.1 Å². The zero-order valence-corrected chi connectivity index (χ0v) is 11.5. The maximum absolute atomic E-state index is 12.5. The first-order valence-electron chi connectivity index (χ1n) is 6.71. The highest BCUT2D eigenvalue weighted by molar-refractivity contribution is 8.01. The number of carbonyl (C=O) groups excluding carboxylic acids is 1. The highest BCUT2D eigenvalue weighted by atomic mass is 32.2. The third kappa shape index (κ3) is 2.48. The van der Waals surface area contributed by atoms with E-state index < -0.39 is 0 Å². The summed E-state index contributed by atoms with van der Waals surface area (Å²) in [7, 11) is 0. The van der Waals surface area contributed by atoms with Crippen molar-refractivity contribution in [1.82, 2.24) is 4.90 Å². The second-order valence-electron chi connectivity index (χ2n) is 5.15. The van der Waals surface area contributed by atoms with Crippen molar-refractivity contribution in [2.75, 3.05) is 13.1 Å². The van der Waals surface area contributed by atoms with Gasteiger partial charge < -0.3 is 4.90 Å². The van der Waals surface area contributed by atoms with Crippen LogP contribution < -0.4 is 0 Å². The highest BCUT2D eigenvalue weighted by Gasteiger charge is 2.32. The Morgan fingerprint density at radius 3 is 2.74 bits per heavy atom. The first-order chi connectivity index (χ1) is 9.28. The zero-order chi connectivity index (χ0) is 13.2. The molecule has 0 saturated carbocycles. The van der Waals surface area contributed by atoms with Gasteiger partial charge in [0.25, 0.3) is 0 Å². The fraction of sp³-hybridized carbons (Fsp3) is 0.467. The molecule has 1 fully saturated rings. The Morgan fingerprint density at radius 2 is 2.05 bits per heavy atom. The van der Waals surface area contributed by atoms with Crippen molar-refractivity contribution in [2.45, 2.75) is 29.4 Å². The summed E-state index contributed by atoms with van der Waals surface area (Å²) in [5.41, 5.74) is 1.29. The first kappa shape index (κ1) is 12.6. The normalized spacial score (nSPS) is 22.9. The summed E-state index contributed by atoms with van der Waals surface area (Å²) < 4.78 is 0. The van der Waals surface area contributed by atoms with Gasteiger partial charge in [0.15, 0.2) is 0 Å². The molecule has 4 heteroatoms. The summed E-state index contributed by atoms with van der Waals surface area (Å²) in [5, 5.41) is 8.93. The number of nitrogens with zero attached hydrogens (tertiary/aromatic N) is 2. The SMILES string of the molecule is N#CC1CCN(C(=O)C2Cc3ccccc3S2)CC1. The Labute approximate surface area is 117 Å². The number of carbonyl (C=O) groups is 1. The first-order valence-corrected chi connectivity index (χ1v) is 7.59. The van der Waals surface area contributed by atoms with Gasteiger partial charge in [-0.25, -0.2) is 0 Å². The van der Waals surface area contributed by atoms with Gasteiger partial charge in [0.05, 0.1) is 11.3 Å². The quantitative estimate of drug-likeness (QED) is 0.789. The number of nitriles is 1. The van der Waals surface area contributed by atoms with Crippen LogP contribution in [0.4, 0.5) is 0 Å². The molecule has 1 amide bonds. The molecule has 0 spiro atoms.